The van der Waals surface area contributed by atoms with Crippen LogP contribution in [0.25, 0.3) is 10.9 Å². The van der Waals surface area contributed by atoms with Crippen molar-refractivity contribution in [2.24, 2.45) is 0 Å². The molecule has 0 aliphatic rings. The second-order valence-corrected chi connectivity index (χ2v) is 5.49. The molecule has 3 rings (SSSR count). The summed E-state index contributed by atoms with van der Waals surface area (Å²) >= 11 is 0. The van der Waals surface area contributed by atoms with E-state index in [0.717, 1.165) is 12.1 Å². The van der Waals surface area contributed by atoms with Crippen molar-refractivity contribution in [3.8, 4) is 5.75 Å². The van der Waals surface area contributed by atoms with Crippen LogP contribution in [0.1, 0.15) is 15.9 Å². The van der Waals surface area contributed by atoms with Crippen LogP contribution in [0.3, 0.4) is 0 Å². The van der Waals surface area contributed by atoms with Crippen molar-refractivity contribution in [3.63, 3.8) is 0 Å². The number of benzene rings is 2. The second kappa shape index (κ2) is 6.55. The van der Waals surface area contributed by atoms with Crippen LogP contribution < -0.4 is 4.74 Å². The summed E-state index contributed by atoms with van der Waals surface area (Å²) in [5, 5.41) is 9.64. The lowest BCUT2D eigenvalue weighted by Gasteiger charge is -2.09. The van der Waals surface area contributed by atoms with Crippen LogP contribution in [0.2, 0.25) is 0 Å². The van der Waals surface area contributed by atoms with E-state index in [9.17, 15) is 22.8 Å². The fourth-order valence-electron chi connectivity index (χ4n) is 2.66. The number of hydrogen-bond acceptors (Lipinski definition) is 3. The molecule has 1 heterocycles. The quantitative estimate of drug-likeness (QED) is 0.764. The summed E-state index contributed by atoms with van der Waals surface area (Å²) in [5.74, 6) is -1.96. The highest BCUT2D eigenvalue weighted by atomic mass is 19.4. The highest BCUT2D eigenvalue weighted by Crippen LogP contribution is 2.25. The summed E-state index contributed by atoms with van der Waals surface area (Å²) < 4.78 is 41.7. The Hall–Kier alpha value is -3.29. The van der Waals surface area contributed by atoms with Crippen molar-refractivity contribution >= 4 is 22.8 Å². The lowest BCUT2D eigenvalue weighted by Crippen LogP contribution is -2.17. The Bertz CT molecular complexity index is 974. The molecule has 1 aromatic heterocycles. The van der Waals surface area contributed by atoms with Crippen molar-refractivity contribution in [1.82, 2.24) is 4.57 Å². The number of alkyl halides is 3. The average Bonchev–Trinajstić information content (AvgIpc) is 2.92. The Morgan fingerprint density at radius 3 is 2.31 bits per heavy atom. The van der Waals surface area contributed by atoms with Crippen molar-refractivity contribution in [1.29, 1.82) is 0 Å². The lowest BCUT2D eigenvalue weighted by molar-refractivity contribution is -0.274. The minimum absolute atomic E-state index is 0.141. The van der Waals surface area contributed by atoms with Crippen LogP contribution >= 0.6 is 0 Å². The number of halogens is 3. The van der Waals surface area contributed by atoms with Gasteiger partial charge in [-0.25, -0.2) is 0 Å². The first kappa shape index (κ1) is 17.5. The van der Waals surface area contributed by atoms with Gasteiger partial charge in [0.1, 0.15) is 5.75 Å². The number of carboxylic acids is 1. The van der Waals surface area contributed by atoms with Crippen LogP contribution in [0.5, 0.6) is 5.75 Å². The van der Waals surface area contributed by atoms with Crippen LogP contribution in [-0.2, 0) is 11.2 Å². The molecular weight excluding hydrogens is 351 g/mol. The van der Waals surface area contributed by atoms with Gasteiger partial charge in [0.05, 0.1) is 11.9 Å². The molecule has 0 unspecified atom stereocenters. The predicted octanol–water partition coefficient (Wildman–Crippen LogP) is 3.86. The van der Waals surface area contributed by atoms with Gasteiger partial charge in [0.15, 0.2) is 0 Å². The van der Waals surface area contributed by atoms with Crippen LogP contribution in [0, 0.1) is 0 Å². The van der Waals surface area contributed by atoms with Crippen LogP contribution in [0.4, 0.5) is 13.2 Å². The number of carbonyl (C=O) groups excluding carboxylic acids is 1. The van der Waals surface area contributed by atoms with E-state index in [1.807, 2.05) is 0 Å². The van der Waals surface area contributed by atoms with E-state index in [1.165, 1.54) is 22.9 Å². The number of ether oxygens (including phenoxy) is 1. The number of carboxylic acid groups (broad SMARTS) is 1. The Labute approximate surface area is 145 Å². The van der Waals surface area contributed by atoms with E-state index in [-0.39, 0.29) is 12.0 Å². The molecule has 134 valence electrons. The number of carbonyl (C=O) groups is 2. The topological polar surface area (TPSA) is 68.5 Å². The fourth-order valence-corrected chi connectivity index (χ4v) is 2.66. The summed E-state index contributed by atoms with van der Waals surface area (Å²) in [4.78, 5) is 23.7. The molecule has 0 saturated carbocycles. The summed E-state index contributed by atoms with van der Waals surface area (Å²) in [6, 6.07) is 11.3. The number of aliphatic carboxylic acids is 1. The Morgan fingerprint density at radius 1 is 1.04 bits per heavy atom. The standard InChI is InChI=1S/C18H12F3NO4/c19-18(20,21)26-13-7-5-11(6-8-13)17(25)22-10-12(9-16(23)24)14-3-1-2-4-15(14)22/h1-8,10H,9H2,(H,23,24). The molecule has 0 fully saturated rings. The minimum atomic E-state index is -4.81. The highest BCUT2D eigenvalue weighted by molar-refractivity contribution is 6.03. The number of aromatic nitrogens is 1. The van der Waals surface area contributed by atoms with E-state index in [1.54, 1.807) is 24.3 Å². The van der Waals surface area contributed by atoms with Crippen LogP contribution in [0.15, 0.2) is 54.7 Å². The third-order valence-corrected chi connectivity index (χ3v) is 3.69. The molecule has 5 nitrogen and oxygen atoms in total. The van der Waals surface area contributed by atoms with Gasteiger partial charge in [-0.15, -0.1) is 13.2 Å². The van der Waals surface area contributed by atoms with E-state index in [4.69, 9.17) is 5.11 Å². The molecule has 8 heteroatoms. The molecule has 0 radical (unpaired) electrons. The summed E-state index contributed by atoms with van der Waals surface area (Å²) in [7, 11) is 0. The van der Waals surface area contributed by atoms with Gasteiger partial charge in [-0.3, -0.25) is 14.2 Å². The highest BCUT2D eigenvalue weighted by Gasteiger charge is 2.31. The Balaban J connectivity index is 1.96. The number of fused-ring (bicyclic) bond motifs is 1. The molecule has 0 bridgehead atoms. The molecule has 0 aliphatic carbocycles. The van der Waals surface area contributed by atoms with Gasteiger partial charge in [0, 0.05) is 17.1 Å². The van der Waals surface area contributed by atoms with Crippen molar-refractivity contribution in [2.45, 2.75) is 12.8 Å². The van der Waals surface area contributed by atoms with Gasteiger partial charge in [-0.1, -0.05) is 18.2 Å². The largest absolute Gasteiger partial charge is 0.573 e. The van der Waals surface area contributed by atoms with E-state index >= 15 is 0 Å². The summed E-state index contributed by atoms with van der Waals surface area (Å²) in [5.41, 5.74) is 1.13. The number of rotatable bonds is 4. The zero-order chi connectivity index (χ0) is 18.9. The zero-order valence-electron chi connectivity index (χ0n) is 13.2. The predicted molar refractivity (Wildman–Crippen MR) is 86.1 cm³/mol. The zero-order valence-corrected chi connectivity index (χ0v) is 13.2. The van der Waals surface area contributed by atoms with Crippen molar-refractivity contribution < 1.29 is 32.6 Å². The second-order valence-electron chi connectivity index (χ2n) is 5.49. The molecule has 2 aromatic carbocycles. The van der Waals surface area contributed by atoms with Gasteiger partial charge in [0.2, 0.25) is 0 Å². The molecule has 26 heavy (non-hydrogen) atoms. The molecule has 1 N–H and O–H groups in total. The first-order chi connectivity index (χ1) is 12.2. The summed E-state index contributed by atoms with van der Waals surface area (Å²) in [6.07, 6.45) is -3.63. The molecule has 0 aliphatic heterocycles. The van der Waals surface area contributed by atoms with Gasteiger partial charge in [-0.2, -0.15) is 0 Å². The van der Waals surface area contributed by atoms with E-state index in [2.05, 4.69) is 4.74 Å². The average molecular weight is 363 g/mol. The number of para-hydroxylation sites is 1. The van der Waals surface area contributed by atoms with Crippen molar-refractivity contribution in [3.05, 3.63) is 65.9 Å². The Kier molecular flexibility index (Phi) is 4.41. The van der Waals surface area contributed by atoms with E-state index < -0.39 is 24.0 Å². The van der Waals surface area contributed by atoms with Gasteiger partial charge >= 0.3 is 12.3 Å². The smallest absolute Gasteiger partial charge is 0.481 e. The minimum Gasteiger partial charge on any atom is -0.481 e. The lowest BCUT2D eigenvalue weighted by atomic mass is 10.1. The fraction of sp³-hybridized carbons (Fsp3) is 0.111. The maximum Gasteiger partial charge on any atom is 0.573 e. The Morgan fingerprint density at radius 2 is 1.69 bits per heavy atom. The normalized spacial score (nSPS) is 11.5. The summed E-state index contributed by atoms with van der Waals surface area (Å²) in [6.45, 7) is 0. The van der Waals surface area contributed by atoms with Crippen LogP contribution in [-0.4, -0.2) is 27.9 Å². The SMILES string of the molecule is O=C(O)Cc1cn(C(=O)c2ccc(OC(F)(F)F)cc2)c2ccccc12. The molecule has 3 aromatic rings. The maximum absolute atomic E-state index is 12.7. The van der Waals surface area contributed by atoms with Gasteiger partial charge in [-0.05, 0) is 35.9 Å². The molecular formula is C18H12F3NO4. The maximum atomic E-state index is 12.7. The monoisotopic (exact) mass is 363 g/mol. The number of hydrogen-bond donors (Lipinski definition) is 1. The third-order valence-electron chi connectivity index (χ3n) is 3.69. The first-order valence-corrected chi connectivity index (χ1v) is 7.46. The first-order valence-electron chi connectivity index (χ1n) is 7.46. The molecule has 0 saturated heterocycles. The van der Waals surface area contributed by atoms with Crippen molar-refractivity contribution in [2.75, 3.05) is 0 Å². The van der Waals surface area contributed by atoms with E-state index in [0.29, 0.717) is 16.5 Å². The molecule has 0 spiro atoms. The van der Waals surface area contributed by atoms with Gasteiger partial charge in [0.25, 0.3) is 5.91 Å². The van der Waals surface area contributed by atoms with Gasteiger partial charge < -0.3 is 9.84 Å². The molecule has 0 atom stereocenters. The number of nitrogens with zero attached hydrogens (tertiary/aromatic N) is 1. The molecule has 0 amide bonds. The third kappa shape index (κ3) is 3.69.